The molecule has 0 N–H and O–H groups in total. The van der Waals surface area contributed by atoms with E-state index < -0.39 is 16.1 Å². The first kappa shape index (κ1) is 18.3. The third-order valence-corrected chi connectivity index (χ3v) is 5.06. The van der Waals surface area contributed by atoms with E-state index in [2.05, 4.69) is 4.40 Å². The van der Waals surface area contributed by atoms with Crippen molar-refractivity contribution in [2.24, 2.45) is 16.2 Å². The lowest BCUT2D eigenvalue weighted by Gasteiger charge is -2.20. The van der Waals surface area contributed by atoms with Crippen molar-refractivity contribution >= 4 is 17.1 Å². The second-order valence-electron chi connectivity index (χ2n) is 7.39. The van der Waals surface area contributed by atoms with Crippen molar-refractivity contribution in [3.63, 3.8) is 0 Å². The highest BCUT2D eigenvalue weighted by Crippen LogP contribution is 2.31. The van der Waals surface area contributed by atoms with E-state index >= 15 is 0 Å². The Bertz CT molecular complexity index is 577. The van der Waals surface area contributed by atoms with Gasteiger partial charge in [-0.15, -0.1) is 0 Å². The fraction of sp³-hybridized carbons (Fsp3) is 0.611. The lowest BCUT2D eigenvalue weighted by molar-refractivity contribution is 0.285. The Balaban J connectivity index is 2.27. The van der Waals surface area contributed by atoms with Gasteiger partial charge in [0.05, 0.1) is 6.61 Å². The van der Waals surface area contributed by atoms with Gasteiger partial charge in [0, 0.05) is 11.5 Å². The molecule has 0 aromatic heterocycles. The van der Waals surface area contributed by atoms with Gasteiger partial charge in [0.25, 0.3) is 0 Å². The molecule has 1 aromatic carbocycles. The second kappa shape index (κ2) is 7.22. The maximum absolute atomic E-state index is 13.9. The van der Waals surface area contributed by atoms with Crippen LogP contribution in [-0.2, 0) is 11.4 Å². The van der Waals surface area contributed by atoms with Crippen LogP contribution < -0.4 is 4.74 Å². The van der Waals surface area contributed by atoms with Crippen LogP contribution in [0, 0.1) is 17.7 Å². The number of nitrogens with zero attached hydrogens (tertiary/aromatic N) is 1. The normalized spacial score (nSPS) is 17.5. The molecule has 0 heterocycles. The van der Waals surface area contributed by atoms with Gasteiger partial charge in [0.2, 0.25) is 0 Å². The molecule has 1 atom stereocenters. The van der Waals surface area contributed by atoms with Crippen LogP contribution in [0.2, 0.25) is 0 Å². The van der Waals surface area contributed by atoms with Crippen LogP contribution in [0.15, 0.2) is 22.6 Å². The van der Waals surface area contributed by atoms with Crippen molar-refractivity contribution in [1.29, 1.82) is 0 Å². The SMILES string of the molecule is CC(C)C(=N[S+]([O-])C(C)(C)C)c1ccc(F)c(OCC2CC2)c1. The van der Waals surface area contributed by atoms with E-state index in [1.54, 1.807) is 12.1 Å². The number of hydrogen-bond donors (Lipinski definition) is 0. The van der Waals surface area contributed by atoms with E-state index in [9.17, 15) is 8.94 Å². The summed E-state index contributed by atoms with van der Waals surface area (Å²) in [6.07, 6.45) is 2.31. The van der Waals surface area contributed by atoms with Crippen LogP contribution in [0.4, 0.5) is 4.39 Å². The molecular weight excluding hydrogens is 313 g/mol. The van der Waals surface area contributed by atoms with Gasteiger partial charge in [-0.2, -0.15) is 0 Å². The van der Waals surface area contributed by atoms with Crippen molar-refractivity contribution < 1.29 is 13.7 Å². The summed E-state index contributed by atoms with van der Waals surface area (Å²) in [6.45, 7) is 10.2. The third kappa shape index (κ3) is 5.21. The first-order valence-electron chi connectivity index (χ1n) is 8.11. The highest BCUT2D eigenvalue weighted by atomic mass is 32.2. The Hall–Kier alpha value is -1.07. The summed E-state index contributed by atoms with van der Waals surface area (Å²) in [6, 6.07) is 4.75. The summed E-state index contributed by atoms with van der Waals surface area (Å²) in [7, 11) is 0. The Morgan fingerprint density at radius 2 is 2.04 bits per heavy atom. The van der Waals surface area contributed by atoms with Gasteiger partial charge >= 0.3 is 0 Å². The minimum atomic E-state index is -1.35. The van der Waals surface area contributed by atoms with E-state index in [1.165, 1.54) is 6.07 Å². The zero-order valence-corrected chi connectivity index (χ0v) is 15.4. The molecule has 1 aromatic rings. The van der Waals surface area contributed by atoms with Crippen LogP contribution in [-0.4, -0.2) is 21.6 Å². The summed E-state index contributed by atoms with van der Waals surface area (Å²) in [5, 5.41) is 0. The first-order valence-corrected chi connectivity index (χ1v) is 9.22. The average Bonchev–Trinajstić information content (AvgIpc) is 3.26. The van der Waals surface area contributed by atoms with Gasteiger partial charge in [-0.05, 0) is 57.7 Å². The molecule has 5 heteroatoms. The van der Waals surface area contributed by atoms with Gasteiger partial charge in [-0.3, -0.25) is 0 Å². The number of halogens is 1. The Kier molecular flexibility index (Phi) is 5.74. The number of ether oxygens (including phenoxy) is 1. The van der Waals surface area contributed by atoms with Crippen LogP contribution >= 0.6 is 0 Å². The molecule has 3 nitrogen and oxygen atoms in total. The van der Waals surface area contributed by atoms with E-state index in [1.807, 2.05) is 34.6 Å². The minimum Gasteiger partial charge on any atom is -0.591 e. The maximum atomic E-state index is 13.9. The Labute approximate surface area is 141 Å². The van der Waals surface area contributed by atoms with E-state index in [-0.39, 0.29) is 17.5 Å². The Morgan fingerprint density at radius 3 is 2.57 bits per heavy atom. The molecule has 0 spiro atoms. The predicted octanol–water partition coefficient (Wildman–Crippen LogP) is 4.52. The zero-order valence-electron chi connectivity index (χ0n) is 14.6. The molecule has 1 saturated carbocycles. The molecule has 2 rings (SSSR count). The summed E-state index contributed by atoms with van der Waals surface area (Å²) in [5.41, 5.74) is 1.49. The Morgan fingerprint density at radius 1 is 1.39 bits per heavy atom. The highest BCUT2D eigenvalue weighted by Gasteiger charge is 2.28. The lowest BCUT2D eigenvalue weighted by Crippen LogP contribution is -2.28. The molecule has 1 unspecified atom stereocenters. The molecular formula is C18H26FNO2S. The maximum Gasteiger partial charge on any atom is 0.165 e. The van der Waals surface area contributed by atoms with E-state index in [4.69, 9.17) is 4.74 Å². The predicted molar refractivity (Wildman–Crippen MR) is 93.9 cm³/mol. The molecule has 0 aliphatic heterocycles. The number of hydrogen-bond acceptors (Lipinski definition) is 3. The fourth-order valence-corrected chi connectivity index (χ4v) is 2.75. The molecule has 0 amide bonds. The van der Waals surface area contributed by atoms with Gasteiger partial charge < -0.3 is 9.29 Å². The van der Waals surface area contributed by atoms with Crippen LogP contribution in [0.5, 0.6) is 5.75 Å². The molecule has 0 radical (unpaired) electrons. The van der Waals surface area contributed by atoms with Crippen LogP contribution in [0.3, 0.4) is 0 Å². The molecule has 1 aliphatic carbocycles. The van der Waals surface area contributed by atoms with Crippen LogP contribution in [0.25, 0.3) is 0 Å². The van der Waals surface area contributed by atoms with Crippen LogP contribution in [0.1, 0.15) is 53.0 Å². The molecule has 23 heavy (non-hydrogen) atoms. The van der Waals surface area contributed by atoms with Gasteiger partial charge in [-0.25, -0.2) is 4.39 Å². The largest absolute Gasteiger partial charge is 0.591 e. The minimum absolute atomic E-state index is 0.0862. The van der Waals surface area contributed by atoms with Crippen molar-refractivity contribution in [3.05, 3.63) is 29.6 Å². The molecule has 1 fully saturated rings. The van der Waals surface area contributed by atoms with Crippen molar-refractivity contribution in [2.75, 3.05) is 6.61 Å². The smallest absolute Gasteiger partial charge is 0.165 e. The van der Waals surface area contributed by atoms with Gasteiger partial charge in [0.15, 0.2) is 11.6 Å². The summed E-state index contributed by atoms with van der Waals surface area (Å²) >= 11 is -1.35. The summed E-state index contributed by atoms with van der Waals surface area (Å²) in [5.74, 6) is 0.534. The van der Waals surface area contributed by atoms with Crippen molar-refractivity contribution in [3.8, 4) is 5.75 Å². The second-order valence-corrected chi connectivity index (χ2v) is 9.30. The van der Waals surface area contributed by atoms with E-state index in [0.717, 1.165) is 24.1 Å². The number of rotatable bonds is 6. The van der Waals surface area contributed by atoms with Crippen molar-refractivity contribution in [1.82, 2.24) is 0 Å². The monoisotopic (exact) mass is 339 g/mol. The topological polar surface area (TPSA) is 44.7 Å². The third-order valence-electron chi connectivity index (χ3n) is 3.65. The quantitative estimate of drug-likeness (QED) is 0.565. The number of benzene rings is 1. The van der Waals surface area contributed by atoms with E-state index in [0.29, 0.717) is 12.5 Å². The lowest BCUT2D eigenvalue weighted by atomic mass is 10.00. The summed E-state index contributed by atoms with van der Waals surface area (Å²) in [4.78, 5) is 0. The first-order chi connectivity index (χ1) is 10.7. The molecule has 0 saturated heterocycles. The van der Waals surface area contributed by atoms with Gasteiger partial charge in [0.1, 0.15) is 21.8 Å². The molecule has 128 valence electrons. The highest BCUT2D eigenvalue weighted by molar-refractivity contribution is 7.91. The fourth-order valence-electron chi connectivity index (χ4n) is 1.98. The van der Waals surface area contributed by atoms with Gasteiger partial charge in [-0.1, -0.05) is 18.2 Å². The average molecular weight is 339 g/mol. The van der Waals surface area contributed by atoms with Crippen molar-refractivity contribution in [2.45, 2.75) is 52.2 Å². The molecule has 0 bridgehead atoms. The summed E-state index contributed by atoms with van der Waals surface area (Å²) < 4.78 is 35.9. The standard InChI is InChI=1S/C18H26FNO2S/c1-12(2)17(20-23(21)18(3,4)5)14-8-9-15(19)16(10-14)22-11-13-6-7-13/h8-10,12-13H,6-7,11H2,1-5H3. The molecule has 1 aliphatic rings. The zero-order chi connectivity index (χ0) is 17.2.